The highest BCUT2D eigenvalue weighted by Gasteiger charge is 2.24. The van der Waals surface area contributed by atoms with Crippen molar-refractivity contribution in [1.29, 1.82) is 0 Å². The molecule has 2 aliphatic rings. The van der Waals surface area contributed by atoms with Crippen molar-refractivity contribution in [3.8, 4) is 0 Å². The third kappa shape index (κ3) is 1.50. The first kappa shape index (κ1) is 8.14. The molecule has 12 heavy (non-hydrogen) atoms. The molecule has 1 fully saturated rings. The third-order valence-electron chi connectivity index (χ3n) is 2.13. The van der Waals surface area contributed by atoms with Crippen LogP contribution in [0.2, 0.25) is 0 Å². The Bertz CT molecular complexity index is 247. The van der Waals surface area contributed by atoms with E-state index < -0.39 is 0 Å². The van der Waals surface area contributed by atoms with Gasteiger partial charge >= 0.3 is 0 Å². The van der Waals surface area contributed by atoms with Crippen LogP contribution in [0.1, 0.15) is 19.3 Å². The molecule has 0 aromatic rings. The average Bonchev–Trinajstić information content (AvgIpc) is 2.57. The number of hydrogen-bond donors (Lipinski definition) is 0. The fraction of sp³-hybridized carbons (Fsp3) is 0.400. The van der Waals surface area contributed by atoms with Crippen LogP contribution in [-0.4, -0.2) is 11.5 Å². The lowest BCUT2D eigenvalue weighted by Crippen LogP contribution is -2.09. The summed E-state index contributed by atoms with van der Waals surface area (Å²) in [6.45, 7) is 0.860. The third-order valence-corrected chi connectivity index (χ3v) is 2.51. The first-order valence-electron chi connectivity index (χ1n) is 4.27. The van der Waals surface area contributed by atoms with Crippen molar-refractivity contribution in [3.63, 3.8) is 0 Å². The molecule has 0 N–H and O–H groups in total. The van der Waals surface area contributed by atoms with E-state index in [1.165, 1.54) is 0 Å². The molecule has 2 rings (SSSR count). The van der Waals surface area contributed by atoms with Crippen LogP contribution in [0, 0.1) is 6.10 Å². The molecule has 1 radical (unpaired) electrons. The molecule has 0 bridgehead atoms. The van der Waals surface area contributed by atoms with E-state index in [1.54, 1.807) is 0 Å². The number of ether oxygens (including phenoxy) is 1. The van der Waals surface area contributed by atoms with Crippen LogP contribution >= 0.6 is 12.2 Å². The minimum Gasteiger partial charge on any atom is -0.367 e. The highest BCUT2D eigenvalue weighted by molar-refractivity contribution is 7.80. The Labute approximate surface area is 78.1 Å². The Morgan fingerprint density at radius 3 is 3.00 bits per heavy atom. The van der Waals surface area contributed by atoms with Gasteiger partial charge in [0.25, 0.3) is 0 Å². The van der Waals surface area contributed by atoms with Crippen molar-refractivity contribution < 1.29 is 4.74 Å². The summed E-state index contributed by atoms with van der Waals surface area (Å²) in [5.74, 6) is 0. The second-order valence-electron chi connectivity index (χ2n) is 3.01. The van der Waals surface area contributed by atoms with Crippen LogP contribution < -0.4 is 0 Å². The molecule has 0 atom stereocenters. The molecule has 0 unspecified atom stereocenters. The molecule has 1 saturated heterocycles. The van der Waals surface area contributed by atoms with E-state index in [2.05, 4.69) is 18.2 Å². The summed E-state index contributed by atoms with van der Waals surface area (Å²) in [4.78, 5) is 1.02. The van der Waals surface area contributed by atoms with Crippen LogP contribution in [0.3, 0.4) is 0 Å². The Morgan fingerprint density at radius 2 is 2.33 bits per heavy atom. The molecule has 0 amide bonds. The summed E-state index contributed by atoms with van der Waals surface area (Å²) in [5, 5.41) is 0. The van der Waals surface area contributed by atoms with E-state index in [0.29, 0.717) is 0 Å². The van der Waals surface area contributed by atoms with Gasteiger partial charge in [-0.15, -0.1) is 0 Å². The van der Waals surface area contributed by atoms with Crippen LogP contribution in [0.15, 0.2) is 23.8 Å². The normalized spacial score (nSPS) is 24.7. The smallest absolute Gasteiger partial charge is 0.127 e. The van der Waals surface area contributed by atoms with Crippen molar-refractivity contribution in [2.45, 2.75) is 19.3 Å². The molecule has 63 valence electrons. The van der Waals surface area contributed by atoms with E-state index in [0.717, 1.165) is 42.4 Å². The molecule has 1 heterocycles. The number of hydrogen-bond acceptors (Lipinski definition) is 2. The second kappa shape index (κ2) is 3.50. The van der Waals surface area contributed by atoms with Crippen molar-refractivity contribution in [2.75, 3.05) is 6.61 Å². The van der Waals surface area contributed by atoms with Gasteiger partial charge in [-0.3, -0.25) is 0 Å². The number of allylic oxidation sites excluding steroid dienone is 3. The highest BCUT2D eigenvalue weighted by Crippen LogP contribution is 2.30. The summed E-state index contributed by atoms with van der Waals surface area (Å²) in [7, 11) is 0. The van der Waals surface area contributed by atoms with Gasteiger partial charge in [0.1, 0.15) is 6.10 Å². The van der Waals surface area contributed by atoms with Crippen LogP contribution in [0.4, 0.5) is 0 Å². The first-order chi connectivity index (χ1) is 5.88. The molecule has 0 spiro atoms. The topological polar surface area (TPSA) is 9.23 Å². The maximum atomic E-state index is 5.49. The lowest BCUT2D eigenvalue weighted by Gasteiger charge is -2.15. The van der Waals surface area contributed by atoms with Crippen LogP contribution in [-0.2, 0) is 4.74 Å². The highest BCUT2D eigenvalue weighted by atomic mass is 32.1. The first-order valence-corrected chi connectivity index (χ1v) is 4.68. The summed E-state index contributed by atoms with van der Waals surface area (Å²) >= 11 is 5.24. The fourth-order valence-corrected chi connectivity index (χ4v) is 1.78. The van der Waals surface area contributed by atoms with Gasteiger partial charge in [-0.05, 0) is 12.8 Å². The molecule has 1 aliphatic carbocycles. The molecule has 0 saturated carbocycles. The average molecular weight is 179 g/mol. The largest absolute Gasteiger partial charge is 0.367 e. The van der Waals surface area contributed by atoms with Gasteiger partial charge in [0.05, 0.1) is 0 Å². The lowest BCUT2D eigenvalue weighted by atomic mass is 9.98. The Kier molecular flexibility index (Phi) is 2.38. The summed E-state index contributed by atoms with van der Waals surface area (Å²) in [6.07, 6.45) is 10.4. The molecule has 1 aliphatic heterocycles. The Hall–Kier alpha value is -0.470. The minimum atomic E-state index is 0.860. The molecule has 0 aromatic heterocycles. The lowest BCUT2D eigenvalue weighted by molar-refractivity contribution is 0.217. The van der Waals surface area contributed by atoms with Gasteiger partial charge in [-0.25, -0.2) is 0 Å². The zero-order valence-electron chi connectivity index (χ0n) is 6.88. The Balaban J connectivity index is 2.14. The standard InChI is InChI=1S/C10H11OS/c12-10-6-2-1-4-8(10)9-5-3-7-11-9/h1-2,4H,3,5-7H2. The molecular weight excluding hydrogens is 168 g/mol. The van der Waals surface area contributed by atoms with Crippen LogP contribution in [0.5, 0.6) is 0 Å². The second-order valence-corrected chi connectivity index (χ2v) is 3.50. The summed E-state index contributed by atoms with van der Waals surface area (Å²) in [5.41, 5.74) is 1.16. The molecule has 0 aromatic carbocycles. The quantitative estimate of drug-likeness (QED) is 0.572. The van der Waals surface area contributed by atoms with E-state index in [4.69, 9.17) is 17.0 Å². The monoisotopic (exact) mass is 179 g/mol. The molecular formula is C10H11OS. The predicted octanol–water partition coefficient (Wildman–Crippen LogP) is 2.58. The minimum absolute atomic E-state index is 0.860. The van der Waals surface area contributed by atoms with E-state index >= 15 is 0 Å². The predicted molar refractivity (Wildman–Crippen MR) is 52.9 cm³/mol. The van der Waals surface area contributed by atoms with Crippen molar-refractivity contribution >= 4 is 17.1 Å². The van der Waals surface area contributed by atoms with E-state index in [9.17, 15) is 0 Å². The fourth-order valence-electron chi connectivity index (χ4n) is 1.50. The SMILES string of the molecule is S=C1CC=CC=C1[C]1CCCO1. The van der Waals surface area contributed by atoms with Crippen molar-refractivity contribution in [3.05, 3.63) is 29.9 Å². The van der Waals surface area contributed by atoms with Crippen LogP contribution in [0.25, 0.3) is 0 Å². The zero-order valence-corrected chi connectivity index (χ0v) is 7.69. The number of rotatable bonds is 1. The maximum Gasteiger partial charge on any atom is 0.127 e. The summed E-state index contributed by atoms with van der Waals surface area (Å²) < 4.78 is 5.49. The zero-order chi connectivity index (χ0) is 8.39. The van der Waals surface area contributed by atoms with Gasteiger partial charge in [0, 0.05) is 23.5 Å². The van der Waals surface area contributed by atoms with Gasteiger partial charge in [0.2, 0.25) is 0 Å². The van der Waals surface area contributed by atoms with E-state index in [1.807, 2.05) is 0 Å². The molecule has 2 heteroatoms. The Morgan fingerprint density at radius 1 is 1.42 bits per heavy atom. The van der Waals surface area contributed by atoms with E-state index in [-0.39, 0.29) is 0 Å². The van der Waals surface area contributed by atoms with Crippen molar-refractivity contribution in [1.82, 2.24) is 0 Å². The van der Waals surface area contributed by atoms with Crippen molar-refractivity contribution in [2.24, 2.45) is 0 Å². The van der Waals surface area contributed by atoms with Gasteiger partial charge < -0.3 is 4.74 Å². The van der Waals surface area contributed by atoms with Gasteiger partial charge in [-0.2, -0.15) is 0 Å². The van der Waals surface area contributed by atoms with Gasteiger partial charge in [0.15, 0.2) is 0 Å². The molecule has 1 nitrogen and oxygen atoms in total. The summed E-state index contributed by atoms with van der Waals surface area (Å²) in [6, 6.07) is 0. The van der Waals surface area contributed by atoms with Gasteiger partial charge in [-0.1, -0.05) is 30.4 Å². The maximum absolute atomic E-state index is 5.49. The number of thiocarbonyl (C=S) groups is 1.